The molecule has 3 nitrogen and oxygen atoms in total. The molecule has 2 rings (SSSR count). The molecule has 0 spiro atoms. The van der Waals surface area contributed by atoms with Crippen molar-refractivity contribution in [3.05, 3.63) is 23.8 Å². The molecule has 0 aliphatic rings. The van der Waals surface area contributed by atoms with Crippen LogP contribution in [0.4, 0.5) is 4.39 Å². The highest BCUT2D eigenvalue weighted by Crippen LogP contribution is 2.30. The highest BCUT2D eigenvalue weighted by molar-refractivity contribution is 6.16. The number of halogens is 2. The molecule has 0 fully saturated rings. The van der Waals surface area contributed by atoms with Crippen LogP contribution in [0.15, 0.2) is 12.1 Å². The van der Waals surface area contributed by atoms with E-state index >= 15 is 0 Å². The molecule has 0 radical (unpaired) electrons. The van der Waals surface area contributed by atoms with E-state index in [-0.39, 0.29) is 11.8 Å². The van der Waals surface area contributed by atoms with Gasteiger partial charge in [-0.25, -0.2) is 9.37 Å². The van der Waals surface area contributed by atoms with E-state index in [1.54, 1.807) is 6.07 Å². The summed E-state index contributed by atoms with van der Waals surface area (Å²) in [6.45, 7) is 6.56. The number of ether oxygens (including phenoxy) is 1. The second-order valence-corrected chi connectivity index (χ2v) is 6.09. The first-order valence-electron chi connectivity index (χ1n) is 7.28. The van der Waals surface area contributed by atoms with Crippen LogP contribution in [-0.4, -0.2) is 16.7 Å². The molecule has 0 N–H and O–H groups in total. The Morgan fingerprint density at radius 3 is 2.57 bits per heavy atom. The van der Waals surface area contributed by atoms with Crippen molar-refractivity contribution in [2.45, 2.75) is 45.5 Å². The number of aromatic nitrogens is 2. The lowest BCUT2D eigenvalue weighted by Crippen LogP contribution is -2.09. The summed E-state index contributed by atoms with van der Waals surface area (Å²) in [5.41, 5.74) is 1.50. The van der Waals surface area contributed by atoms with E-state index in [1.807, 2.05) is 0 Å². The van der Waals surface area contributed by atoms with Crippen LogP contribution in [-0.2, 0) is 5.88 Å². The zero-order valence-corrected chi connectivity index (χ0v) is 13.7. The molecule has 0 aliphatic carbocycles. The summed E-state index contributed by atoms with van der Waals surface area (Å²) in [5.74, 6) is 1.57. The van der Waals surface area contributed by atoms with Gasteiger partial charge in [0.15, 0.2) is 11.6 Å². The second-order valence-electron chi connectivity index (χ2n) is 5.83. The van der Waals surface area contributed by atoms with Gasteiger partial charge in [-0.15, -0.1) is 11.6 Å². The number of rotatable bonds is 6. The molecule has 2 aromatic rings. The van der Waals surface area contributed by atoms with Crippen molar-refractivity contribution >= 4 is 22.6 Å². The van der Waals surface area contributed by atoms with E-state index in [1.165, 1.54) is 13.2 Å². The molecule has 1 aromatic heterocycles. The van der Waals surface area contributed by atoms with E-state index in [4.69, 9.17) is 16.3 Å². The first-order chi connectivity index (χ1) is 9.97. The Balaban J connectivity index is 2.49. The first kappa shape index (κ1) is 16.1. The molecular formula is C16H22ClFN2O. The number of fused-ring (bicyclic) bond motifs is 1. The van der Waals surface area contributed by atoms with Gasteiger partial charge in [-0.2, -0.15) is 0 Å². The molecule has 0 aliphatic heterocycles. The summed E-state index contributed by atoms with van der Waals surface area (Å²) in [7, 11) is 1.47. The van der Waals surface area contributed by atoms with Crippen molar-refractivity contribution in [1.82, 2.24) is 9.55 Å². The largest absolute Gasteiger partial charge is 0.494 e. The number of benzene rings is 1. The maximum absolute atomic E-state index is 13.8. The number of imidazole rings is 1. The molecule has 1 unspecified atom stereocenters. The third-order valence-corrected chi connectivity index (χ3v) is 4.00. The summed E-state index contributed by atoms with van der Waals surface area (Å²) in [5, 5.41) is 0. The Bertz CT molecular complexity index is 624. The fourth-order valence-corrected chi connectivity index (χ4v) is 2.78. The number of hydrogen-bond acceptors (Lipinski definition) is 2. The second kappa shape index (κ2) is 6.65. The van der Waals surface area contributed by atoms with Gasteiger partial charge in [0.2, 0.25) is 0 Å². The Kier molecular flexibility index (Phi) is 5.09. The van der Waals surface area contributed by atoms with E-state index in [0.717, 1.165) is 24.2 Å². The predicted octanol–water partition coefficient (Wildman–Crippen LogP) is 4.92. The van der Waals surface area contributed by atoms with Crippen molar-refractivity contribution in [2.75, 3.05) is 7.11 Å². The minimum atomic E-state index is -0.398. The van der Waals surface area contributed by atoms with Gasteiger partial charge in [0, 0.05) is 18.2 Å². The van der Waals surface area contributed by atoms with Gasteiger partial charge >= 0.3 is 0 Å². The minimum Gasteiger partial charge on any atom is -0.494 e. The van der Waals surface area contributed by atoms with Crippen LogP contribution < -0.4 is 4.74 Å². The summed E-state index contributed by atoms with van der Waals surface area (Å²) < 4.78 is 21.0. The van der Waals surface area contributed by atoms with Crippen LogP contribution in [0.25, 0.3) is 11.0 Å². The zero-order chi connectivity index (χ0) is 15.6. The van der Waals surface area contributed by atoms with E-state index in [2.05, 4.69) is 30.3 Å². The Hall–Kier alpha value is -1.29. The van der Waals surface area contributed by atoms with Crippen molar-refractivity contribution in [3.63, 3.8) is 0 Å². The van der Waals surface area contributed by atoms with Crippen LogP contribution >= 0.6 is 11.6 Å². The fourth-order valence-electron chi connectivity index (χ4n) is 2.59. The monoisotopic (exact) mass is 312 g/mol. The average Bonchev–Trinajstić information content (AvgIpc) is 2.80. The topological polar surface area (TPSA) is 27.1 Å². The average molecular weight is 313 g/mol. The van der Waals surface area contributed by atoms with E-state index in [0.29, 0.717) is 17.3 Å². The third kappa shape index (κ3) is 3.31. The standard InChI is InChI=1S/C16H22ClFN2O/c1-10(2)5-6-11(3)20-14-8-15(21-4)12(18)7-13(14)19-16(20)9-17/h7-8,10-11H,5-6,9H2,1-4H3. The molecule has 1 heterocycles. The van der Waals surface area contributed by atoms with Crippen molar-refractivity contribution in [2.24, 2.45) is 5.92 Å². The molecule has 116 valence electrons. The molecular weight excluding hydrogens is 291 g/mol. The highest BCUT2D eigenvalue weighted by Gasteiger charge is 2.18. The van der Waals surface area contributed by atoms with Crippen molar-refractivity contribution < 1.29 is 9.13 Å². The number of methoxy groups -OCH3 is 1. The van der Waals surface area contributed by atoms with E-state index < -0.39 is 5.82 Å². The summed E-state index contributed by atoms with van der Waals surface area (Å²) >= 11 is 6.02. The minimum absolute atomic E-state index is 0.237. The predicted molar refractivity (Wildman–Crippen MR) is 84.6 cm³/mol. The SMILES string of the molecule is COc1cc2c(cc1F)nc(CCl)n2C(C)CCC(C)C. The van der Waals surface area contributed by atoms with Crippen LogP contribution in [0.2, 0.25) is 0 Å². The maximum Gasteiger partial charge on any atom is 0.167 e. The summed E-state index contributed by atoms with van der Waals surface area (Å²) in [6.07, 6.45) is 2.16. The Labute approximate surface area is 130 Å². The lowest BCUT2D eigenvalue weighted by Gasteiger charge is -2.18. The van der Waals surface area contributed by atoms with Gasteiger partial charge in [-0.3, -0.25) is 0 Å². The molecule has 0 saturated heterocycles. The maximum atomic E-state index is 13.8. The van der Waals surface area contributed by atoms with E-state index in [9.17, 15) is 4.39 Å². The molecule has 5 heteroatoms. The molecule has 0 amide bonds. The molecule has 0 bridgehead atoms. The van der Waals surface area contributed by atoms with Crippen molar-refractivity contribution in [3.8, 4) is 5.75 Å². The molecule has 1 aromatic carbocycles. The summed E-state index contributed by atoms with van der Waals surface area (Å²) in [4.78, 5) is 4.45. The van der Waals surface area contributed by atoms with Gasteiger partial charge in [0.25, 0.3) is 0 Å². The quantitative estimate of drug-likeness (QED) is 0.708. The third-order valence-electron chi connectivity index (χ3n) is 3.76. The fraction of sp³-hybridized carbons (Fsp3) is 0.562. The van der Waals surface area contributed by atoms with Crippen LogP contribution in [0.1, 0.15) is 45.5 Å². The Morgan fingerprint density at radius 1 is 1.29 bits per heavy atom. The van der Waals surface area contributed by atoms with Gasteiger partial charge in [0.05, 0.1) is 24.0 Å². The van der Waals surface area contributed by atoms with Gasteiger partial charge < -0.3 is 9.30 Å². The van der Waals surface area contributed by atoms with Gasteiger partial charge in [-0.1, -0.05) is 13.8 Å². The Morgan fingerprint density at radius 2 is 2.00 bits per heavy atom. The molecule has 21 heavy (non-hydrogen) atoms. The number of hydrogen-bond donors (Lipinski definition) is 0. The first-order valence-corrected chi connectivity index (χ1v) is 7.81. The molecule has 1 atom stereocenters. The molecule has 0 saturated carbocycles. The van der Waals surface area contributed by atoms with Crippen LogP contribution in [0.3, 0.4) is 0 Å². The number of alkyl halides is 1. The van der Waals surface area contributed by atoms with Gasteiger partial charge in [0.1, 0.15) is 5.82 Å². The smallest absolute Gasteiger partial charge is 0.167 e. The zero-order valence-electron chi connectivity index (χ0n) is 13.0. The highest BCUT2D eigenvalue weighted by atomic mass is 35.5. The van der Waals surface area contributed by atoms with Crippen LogP contribution in [0, 0.1) is 11.7 Å². The summed E-state index contributed by atoms with van der Waals surface area (Å²) in [6, 6.07) is 3.39. The van der Waals surface area contributed by atoms with Gasteiger partial charge in [-0.05, 0) is 25.7 Å². The normalized spacial score (nSPS) is 13.1. The van der Waals surface area contributed by atoms with Crippen molar-refractivity contribution in [1.29, 1.82) is 0 Å². The lowest BCUT2D eigenvalue weighted by molar-refractivity contribution is 0.386. The lowest BCUT2D eigenvalue weighted by atomic mass is 10.0. The van der Waals surface area contributed by atoms with Crippen LogP contribution in [0.5, 0.6) is 5.75 Å². The number of nitrogens with zero attached hydrogens (tertiary/aromatic N) is 2.